The fourth-order valence-corrected chi connectivity index (χ4v) is 3.38. The number of anilines is 2. The molecule has 5 heteroatoms. The number of aryl methyl sites for hydroxylation is 1. The van der Waals surface area contributed by atoms with Gasteiger partial charge in [0.2, 0.25) is 5.91 Å². The SMILES string of the molecule is O=C(Cc1c[nH]c2ccccc12)Nc1ccc(NCCCc2ccccc2)cn1. The fourth-order valence-electron chi connectivity index (χ4n) is 3.38. The summed E-state index contributed by atoms with van der Waals surface area (Å²) < 4.78 is 0. The Kier molecular flexibility index (Phi) is 5.86. The molecule has 2 heterocycles. The van der Waals surface area contributed by atoms with Crippen LogP contribution >= 0.6 is 0 Å². The number of rotatable bonds is 8. The summed E-state index contributed by atoms with van der Waals surface area (Å²) in [5, 5.41) is 7.32. The Bertz CT molecular complexity index is 1070. The lowest BCUT2D eigenvalue weighted by Crippen LogP contribution is -2.15. The number of hydrogen-bond donors (Lipinski definition) is 3. The molecule has 3 N–H and O–H groups in total. The van der Waals surface area contributed by atoms with E-state index in [9.17, 15) is 4.79 Å². The lowest BCUT2D eigenvalue weighted by Gasteiger charge is -2.08. The molecule has 0 unspecified atom stereocenters. The van der Waals surface area contributed by atoms with Gasteiger partial charge in [-0.1, -0.05) is 48.5 Å². The topological polar surface area (TPSA) is 69.8 Å². The summed E-state index contributed by atoms with van der Waals surface area (Å²) in [6, 6.07) is 22.2. The standard InChI is InChI=1S/C24H24N4O/c29-24(15-19-16-26-22-11-5-4-10-21(19)22)28-23-13-12-20(17-27-23)25-14-6-9-18-7-2-1-3-8-18/h1-5,7-8,10-13,16-17,25-26H,6,9,14-15H2,(H,27,28,29). The molecule has 29 heavy (non-hydrogen) atoms. The predicted molar refractivity (Wildman–Crippen MR) is 118 cm³/mol. The number of carbonyl (C=O) groups excluding carboxylic acids is 1. The van der Waals surface area contributed by atoms with Crippen LogP contribution in [0.15, 0.2) is 79.1 Å². The maximum absolute atomic E-state index is 12.4. The number of carbonyl (C=O) groups is 1. The van der Waals surface area contributed by atoms with Gasteiger partial charge in [-0.3, -0.25) is 4.79 Å². The van der Waals surface area contributed by atoms with E-state index >= 15 is 0 Å². The molecule has 0 spiro atoms. The summed E-state index contributed by atoms with van der Waals surface area (Å²) in [5.41, 5.74) is 4.32. The van der Waals surface area contributed by atoms with Crippen LogP contribution in [0.25, 0.3) is 10.9 Å². The lowest BCUT2D eigenvalue weighted by molar-refractivity contribution is -0.115. The van der Waals surface area contributed by atoms with Crippen molar-refractivity contribution in [3.63, 3.8) is 0 Å². The number of H-pyrrole nitrogens is 1. The third-order valence-electron chi connectivity index (χ3n) is 4.87. The van der Waals surface area contributed by atoms with Gasteiger partial charge in [0.15, 0.2) is 0 Å². The molecule has 2 aromatic heterocycles. The normalized spacial score (nSPS) is 10.8. The van der Waals surface area contributed by atoms with Crippen molar-refractivity contribution in [1.82, 2.24) is 9.97 Å². The molecule has 146 valence electrons. The number of benzene rings is 2. The van der Waals surface area contributed by atoms with Crippen LogP contribution in [0, 0.1) is 0 Å². The first-order chi connectivity index (χ1) is 14.3. The van der Waals surface area contributed by atoms with Gasteiger partial charge in [0.1, 0.15) is 5.82 Å². The van der Waals surface area contributed by atoms with Crippen LogP contribution in [-0.2, 0) is 17.6 Å². The van der Waals surface area contributed by atoms with E-state index in [1.807, 2.05) is 48.7 Å². The number of aromatic amines is 1. The van der Waals surface area contributed by atoms with Crippen LogP contribution < -0.4 is 10.6 Å². The molecule has 0 saturated carbocycles. The van der Waals surface area contributed by atoms with Gasteiger partial charge in [0.25, 0.3) is 0 Å². The Labute approximate surface area is 170 Å². The van der Waals surface area contributed by atoms with Crippen molar-refractivity contribution in [2.75, 3.05) is 17.2 Å². The molecule has 4 rings (SSSR count). The van der Waals surface area contributed by atoms with Crippen molar-refractivity contribution in [1.29, 1.82) is 0 Å². The Balaban J connectivity index is 1.25. The summed E-state index contributed by atoms with van der Waals surface area (Å²) in [5.74, 6) is 0.482. The van der Waals surface area contributed by atoms with Crippen molar-refractivity contribution >= 4 is 28.3 Å². The molecule has 4 aromatic rings. The van der Waals surface area contributed by atoms with E-state index in [-0.39, 0.29) is 5.91 Å². The van der Waals surface area contributed by atoms with Gasteiger partial charge in [0.05, 0.1) is 18.3 Å². The maximum atomic E-state index is 12.4. The molecular weight excluding hydrogens is 360 g/mol. The summed E-state index contributed by atoms with van der Waals surface area (Å²) in [6.07, 6.45) is 6.05. The zero-order valence-electron chi connectivity index (χ0n) is 16.2. The largest absolute Gasteiger partial charge is 0.384 e. The van der Waals surface area contributed by atoms with Gasteiger partial charge in [-0.25, -0.2) is 4.98 Å². The van der Waals surface area contributed by atoms with Crippen molar-refractivity contribution in [3.8, 4) is 0 Å². The van der Waals surface area contributed by atoms with Crippen LogP contribution in [0.5, 0.6) is 0 Å². The monoisotopic (exact) mass is 384 g/mol. The van der Waals surface area contributed by atoms with E-state index in [1.165, 1.54) is 5.56 Å². The molecule has 1 amide bonds. The summed E-state index contributed by atoms with van der Waals surface area (Å²) in [7, 11) is 0. The smallest absolute Gasteiger partial charge is 0.230 e. The van der Waals surface area contributed by atoms with Crippen LogP contribution in [0.2, 0.25) is 0 Å². The van der Waals surface area contributed by atoms with E-state index in [0.717, 1.165) is 41.5 Å². The molecule has 0 aliphatic carbocycles. The van der Waals surface area contributed by atoms with Crippen molar-refractivity contribution in [2.45, 2.75) is 19.3 Å². The highest BCUT2D eigenvalue weighted by molar-refractivity contribution is 5.95. The second-order valence-electron chi connectivity index (χ2n) is 7.03. The van der Waals surface area contributed by atoms with Crippen molar-refractivity contribution in [2.24, 2.45) is 0 Å². The van der Waals surface area contributed by atoms with Crippen molar-refractivity contribution < 1.29 is 4.79 Å². The van der Waals surface area contributed by atoms with Crippen LogP contribution in [0.4, 0.5) is 11.5 Å². The van der Waals surface area contributed by atoms with Gasteiger partial charge in [0, 0.05) is 23.6 Å². The first kappa shape index (κ1) is 18.7. The average Bonchev–Trinajstić information content (AvgIpc) is 3.16. The first-order valence-electron chi connectivity index (χ1n) is 9.86. The summed E-state index contributed by atoms with van der Waals surface area (Å²) in [4.78, 5) is 19.9. The number of pyridine rings is 1. The molecule has 0 fully saturated rings. The second-order valence-corrected chi connectivity index (χ2v) is 7.03. The van der Waals surface area contributed by atoms with Crippen LogP contribution in [0.1, 0.15) is 17.5 Å². The number of nitrogens with one attached hydrogen (secondary N) is 3. The third kappa shape index (κ3) is 5.02. The molecule has 5 nitrogen and oxygen atoms in total. The number of nitrogens with zero attached hydrogens (tertiary/aromatic N) is 1. The molecule has 0 aliphatic heterocycles. The molecule has 0 atom stereocenters. The van der Waals surface area contributed by atoms with Crippen molar-refractivity contribution in [3.05, 3.63) is 90.3 Å². The quantitative estimate of drug-likeness (QED) is 0.383. The van der Waals surface area contributed by atoms with Gasteiger partial charge >= 0.3 is 0 Å². The van der Waals surface area contributed by atoms with Gasteiger partial charge in [-0.15, -0.1) is 0 Å². The van der Waals surface area contributed by atoms with Gasteiger partial charge in [-0.05, 0) is 42.2 Å². The third-order valence-corrected chi connectivity index (χ3v) is 4.87. The number of aromatic nitrogens is 2. The lowest BCUT2D eigenvalue weighted by atomic mass is 10.1. The molecule has 0 aliphatic rings. The highest BCUT2D eigenvalue weighted by Crippen LogP contribution is 2.18. The highest BCUT2D eigenvalue weighted by Gasteiger charge is 2.09. The summed E-state index contributed by atoms with van der Waals surface area (Å²) in [6.45, 7) is 0.878. The van der Waals surface area contributed by atoms with E-state index in [4.69, 9.17) is 0 Å². The predicted octanol–water partition coefficient (Wildman–Crippen LogP) is 4.79. The number of hydrogen-bond acceptors (Lipinski definition) is 3. The maximum Gasteiger partial charge on any atom is 0.230 e. The highest BCUT2D eigenvalue weighted by atomic mass is 16.1. The summed E-state index contributed by atoms with van der Waals surface area (Å²) >= 11 is 0. The Hall–Kier alpha value is -3.60. The molecular formula is C24H24N4O. The first-order valence-corrected chi connectivity index (χ1v) is 9.86. The van der Waals surface area contributed by atoms with E-state index in [0.29, 0.717) is 12.2 Å². The van der Waals surface area contributed by atoms with E-state index in [1.54, 1.807) is 6.20 Å². The average molecular weight is 384 g/mol. The van der Waals surface area contributed by atoms with E-state index in [2.05, 4.69) is 44.9 Å². The van der Waals surface area contributed by atoms with Crippen LogP contribution in [-0.4, -0.2) is 22.4 Å². The van der Waals surface area contributed by atoms with Gasteiger partial charge in [-0.2, -0.15) is 0 Å². The molecule has 0 bridgehead atoms. The second kappa shape index (κ2) is 9.06. The van der Waals surface area contributed by atoms with Crippen LogP contribution in [0.3, 0.4) is 0 Å². The minimum absolute atomic E-state index is 0.0779. The molecule has 2 aromatic carbocycles. The Morgan fingerprint density at radius 3 is 2.62 bits per heavy atom. The number of amides is 1. The molecule has 0 saturated heterocycles. The zero-order chi connectivity index (χ0) is 19.9. The minimum Gasteiger partial charge on any atom is -0.384 e. The van der Waals surface area contributed by atoms with E-state index < -0.39 is 0 Å². The Morgan fingerprint density at radius 1 is 0.966 bits per heavy atom. The van der Waals surface area contributed by atoms with Gasteiger partial charge < -0.3 is 15.6 Å². The zero-order valence-corrected chi connectivity index (χ0v) is 16.2. The fraction of sp³-hybridized carbons (Fsp3) is 0.167. The Morgan fingerprint density at radius 2 is 1.79 bits per heavy atom. The number of fused-ring (bicyclic) bond motifs is 1. The minimum atomic E-state index is -0.0779. The number of para-hydroxylation sites is 1. The molecule has 0 radical (unpaired) electrons.